The Morgan fingerprint density at radius 2 is 2.23 bits per heavy atom. The molecule has 66 valence electrons. The van der Waals surface area contributed by atoms with Crippen LogP contribution in [0.25, 0.3) is 11.2 Å². The number of hydrogen-bond donors (Lipinski definition) is 0. The van der Waals surface area contributed by atoms with Crippen molar-refractivity contribution in [2.45, 2.75) is 25.3 Å². The normalized spacial score (nSPS) is 17.5. The standard InChI is InChI=1S/C10H11N3/c1-3-8(4-1)13-7-12-9-5-2-6-11-10(9)13/h2,5-8H,1,3-4H2. The second-order valence-electron chi connectivity index (χ2n) is 3.58. The first-order chi connectivity index (χ1) is 6.45. The zero-order valence-electron chi connectivity index (χ0n) is 7.35. The zero-order chi connectivity index (χ0) is 8.67. The number of rotatable bonds is 1. The number of aromatic nitrogens is 3. The molecule has 1 aliphatic rings. The van der Waals surface area contributed by atoms with Crippen LogP contribution in [0.2, 0.25) is 0 Å². The minimum absolute atomic E-state index is 0.653. The van der Waals surface area contributed by atoms with Crippen LogP contribution in [0, 0.1) is 0 Å². The molecule has 0 atom stereocenters. The summed E-state index contributed by atoms with van der Waals surface area (Å²) in [5.41, 5.74) is 2.04. The van der Waals surface area contributed by atoms with Gasteiger partial charge in [0.05, 0.1) is 6.33 Å². The van der Waals surface area contributed by atoms with E-state index in [1.54, 1.807) is 0 Å². The first-order valence-electron chi connectivity index (χ1n) is 4.73. The molecule has 0 unspecified atom stereocenters. The largest absolute Gasteiger partial charge is 0.312 e. The molecule has 0 spiro atoms. The van der Waals surface area contributed by atoms with Crippen LogP contribution in [-0.2, 0) is 0 Å². The Balaban J connectivity index is 2.17. The Bertz CT molecular complexity index is 428. The van der Waals surface area contributed by atoms with Crippen molar-refractivity contribution in [2.24, 2.45) is 0 Å². The van der Waals surface area contributed by atoms with E-state index < -0.39 is 0 Å². The summed E-state index contributed by atoms with van der Waals surface area (Å²) in [5, 5.41) is 0. The molecule has 13 heavy (non-hydrogen) atoms. The summed E-state index contributed by atoms with van der Waals surface area (Å²) in [6, 6.07) is 4.60. The molecule has 0 saturated heterocycles. The molecule has 0 bridgehead atoms. The first-order valence-corrected chi connectivity index (χ1v) is 4.73. The van der Waals surface area contributed by atoms with Gasteiger partial charge in [0.25, 0.3) is 0 Å². The average molecular weight is 173 g/mol. The fourth-order valence-electron chi connectivity index (χ4n) is 1.80. The van der Waals surface area contributed by atoms with Crippen molar-refractivity contribution in [2.75, 3.05) is 0 Å². The molecule has 2 heterocycles. The summed E-state index contributed by atoms with van der Waals surface area (Å²) in [7, 11) is 0. The topological polar surface area (TPSA) is 30.7 Å². The maximum atomic E-state index is 4.34. The molecule has 1 saturated carbocycles. The first kappa shape index (κ1) is 7.06. The summed E-state index contributed by atoms with van der Waals surface area (Å²) in [5.74, 6) is 0. The van der Waals surface area contributed by atoms with E-state index in [0.717, 1.165) is 11.2 Å². The Hall–Kier alpha value is -1.38. The molecule has 0 aliphatic heterocycles. The summed E-state index contributed by atoms with van der Waals surface area (Å²) in [6.45, 7) is 0. The van der Waals surface area contributed by atoms with Crippen LogP contribution < -0.4 is 0 Å². The van der Waals surface area contributed by atoms with Gasteiger partial charge >= 0.3 is 0 Å². The molecular formula is C10H11N3. The maximum absolute atomic E-state index is 4.34. The van der Waals surface area contributed by atoms with Crippen molar-refractivity contribution in [3.8, 4) is 0 Å². The second-order valence-corrected chi connectivity index (χ2v) is 3.58. The Morgan fingerprint density at radius 3 is 3.00 bits per heavy atom. The molecular weight excluding hydrogens is 162 g/mol. The van der Waals surface area contributed by atoms with E-state index in [-0.39, 0.29) is 0 Å². The molecule has 2 aromatic rings. The Kier molecular flexibility index (Phi) is 1.39. The molecule has 3 nitrogen and oxygen atoms in total. The van der Waals surface area contributed by atoms with E-state index >= 15 is 0 Å². The monoisotopic (exact) mass is 173 g/mol. The van der Waals surface area contributed by atoms with Crippen LogP contribution >= 0.6 is 0 Å². The third kappa shape index (κ3) is 0.963. The van der Waals surface area contributed by atoms with Gasteiger partial charge < -0.3 is 4.57 Å². The van der Waals surface area contributed by atoms with Gasteiger partial charge in [-0.25, -0.2) is 9.97 Å². The lowest BCUT2D eigenvalue weighted by Gasteiger charge is -2.26. The highest BCUT2D eigenvalue weighted by atomic mass is 15.1. The van der Waals surface area contributed by atoms with E-state index in [0.29, 0.717) is 6.04 Å². The number of pyridine rings is 1. The van der Waals surface area contributed by atoms with Crippen LogP contribution in [-0.4, -0.2) is 14.5 Å². The van der Waals surface area contributed by atoms with Gasteiger partial charge in [-0.3, -0.25) is 0 Å². The fraction of sp³-hybridized carbons (Fsp3) is 0.400. The minimum Gasteiger partial charge on any atom is -0.312 e. The maximum Gasteiger partial charge on any atom is 0.160 e. The van der Waals surface area contributed by atoms with Crippen LogP contribution in [0.3, 0.4) is 0 Å². The number of imidazole rings is 1. The Labute approximate surface area is 76.4 Å². The van der Waals surface area contributed by atoms with Crippen LogP contribution in [0.5, 0.6) is 0 Å². The molecule has 1 fully saturated rings. The quantitative estimate of drug-likeness (QED) is 0.661. The highest BCUT2D eigenvalue weighted by Gasteiger charge is 2.20. The fourth-order valence-corrected chi connectivity index (χ4v) is 1.80. The van der Waals surface area contributed by atoms with E-state index in [1.807, 2.05) is 24.7 Å². The third-order valence-electron chi connectivity index (χ3n) is 2.80. The lowest BCUT2D eigenvalue weighted by molar-refractivity contribution is 0.319. The van der Waals surface area contributed by atoms with E-state index in [1.165, 1.54) is 19.3 Å². The molecule has 2 aromatic heterocycles. The van der Waals surface area contributed by atoms with Gasteiger partial charge in [0.2, 0.25) is 0 Å². The van der Waals surface area contributed by atoms with Crippen LogP contribution in [0.15, 0.2) is 24.7 Å². The van der Waals surface area contributed by atoms with Gasteiger partial charge in [-0.05, 0) is 31.4 Å². The molecule has 0 aromatic carbocycles. The van der Waals surface area contributed by atoms with Gasteiger partial charge in [0, 0.05) is 12.2 Å². The highest BCUT2D eigenvalue weighted by Crippen LogP contribution is 2.33. The predicted molar refractivity (Wildman–Crippen MR) is 50.4 cm³/mol. The number of fused-ring (bicyclic) bond motifs is 1. The number of nitrogens with zero attached hydrogens (tertiary/aromatic N) is 3. The minimum atomic E-state index is 0.653. The van der Waals surface area contributed by atoms with Crippen molar-refractivity contribution in [1.29, 1.82) is 0 Å². The van der Waals surface area contributed by atoms with Crippen LogP contribution in [0.4, 0.5) is 0 Å². The summed E-state index contributed by atoms with van der Waals surface area (Å²) in [4.78, 5) is 8.67. The third-order valence-corrected chi connectivity index (χ3v) is 2.80. The summed E-state index contributed by atoms with van der Waals surface area (Å²) in [6.07, 6.45) is 7.65. The summed E-state index contributed by atoms with van der Waals surface area (Å²) < 4.78 is 2.21. The molecule has 3 heteroatoms. The molecule has 0 amide bonds. The number of hydrogen-bond acceptors (Lipinski definition) is 2. The smallest absolute Gasteiger partial charge is 0.160 e. The van der Waals surface area contributed by atoms with Crippen molar-refractivity contribution in [1.82, 2.24) is 14.5 Å². The van der Waals surface area contributed by atoms with Crippen molar-refractivity contribution < 1.29 is 0 Å². The van der Waals surface area contributed by atoms with Gasteiger partial charge in [0.15, 0.2) is 5.65 Å². The van der Waals surface area contributed by atoms with E-state index in [4.69, 9.17) is 0 Å². The molecule has 1 aliphatic carbocycles. The lowest BCUT2D eigenvalue weighted by atomic mass is 9.93. The van der Waals surface area contributed by atoms with Crippen molar-refractivity contribution >= 4 is 11.2 Å². The van der Waals surface area contributed by atoms with Crippen molar-refractivity contribution in [3.63, 3.8) is 0 Å². The van der Waals surface area contributed by atoms with Gasteiger partial charge in [-0.1, -0.05) is 0 Å². The lowest BCUT2D eigenvalue weighted by Crippen LogP contribution is -2.16. The molecule has 0 N–H and O–H groups in total. The molecule has 0 radical (unpaired) electrons. The Morgan fingerprint density at radius 1 is 1.31 bits per heavy atom. The molecule has 3 rings (SSSR count). The predicted octanol–water partition coefficient (Wildman–Crippen LogP) is 2.16. The van der Waals surface area contributed by atoms with Crippen molar-refractivity contribution in [3.05, 3.63) is 24.7 Å². The average Bonchev–Trinajstić information content (AvgIpc) is 2.47. The van der Waals surface area contributed by atoms with E-state index in [9.17, 15) is 0 Å². The van der Waals surface area contributed by atoms with Gasteiger partial charge in [-0.15, -0.1) is 0 Å². The second kappa shape index (κ2) is 2.55. The zero-order valence-corrected chi connectivity index (χ0v) is 7.35. The summed E-state index contributed by atoms with van der Waals surface area (Å²) >= 11 is 0. The highest BCUT2D eigenvalue weighted by molar-refractivity contribution is 5.70. The van der Waals surface area contributed by atoms with E-state index in [2.05, 4.69) is 14.5 Å². The SMILES string of the molecule is c1cnc2c(c1)ncn2C1CCC1. The van der Waals surface area contributed by atoms with Gasteiger partial charge in [-0.2, -0.15) is 0 Å². The van der Waals surface area contributed by atoms with Gasteiger partial charge in [0.1, 0.15) is 5.52 Å². The van der Waals surface area contributed by atoms with Crippen LogP contribution in [0.1, 0.15) is 25.3 Å².